The molecule has 7 N–H and O–H groups in total. The molecule has 0 radical (unpaired) electrons. The van der Waals surface area contributed by atoms with Crippen molar-refractivity contribution < 1.29 is 33.6 Å². The van der Waals surface area contributed by atoms with E-state index in [0.717, 1.165) is 17.2 Å². The summed E-state index contributed by atoms with van der Waals surface area (Å²) >= 11 is 1.29. The van der Waals surface area contributed by atoms with Gasteiger partial charge in [-0.05, 0) is 75.9 Å². The van der Waals surface area contributed by atoms with E-state index in [1.54, 1.807) is 14.0 Å². The molecule has 0 aliphatic carbocycles. The predicted molar refractivity (Wildman–Crippen MR) is 193 cm³/mol. The number of nitrogens with two attached hydrogens (primary N) is 1. The standard InChI is InChI=1S/C34H52N8O7S/c1-25(17-20-41(2)3)32(47)40-50-24-27-15-13-26(14-16-27)22-38-33(48)28(10-8-18-36-34(35)49)39-30(45)23-37-29(44)11-6-5-7-19-42(4)31(46)12-9-21-43/h9,12-17,21,28H,5-8,10-11,18-20,22-24H2,1-4H3,(H,37,44)(H,38,48)(H,39,45)(H,40,47)(H3,35,36,49)/b12-9-,25-17+. The third kappa shape index (κ3) is 20.6. The van der Waals surface area contributed by atoms with Gasteiger partial charge in [0, 0.05) is 57.0 Å². The van der Waals surface area contributed by atoms with Crippen LogP contribution in [0.4, 0.5) is 4.79 Å². The van der Waals surface area contributed by atoms with E-state index in [4.69, 9.17) is 5.73 Å². The topological polar surface area (TPSA) is 212 Å². The van der Waals surface area contributed by atoms with E-state index in [1.807, 2.05) is 49.3 Å². The molecule has 1 rings (SSSR count). The Morgan fingerprint density at radius 3 is 2.26 bits per heavy atom. The van der Waals surface area contributed by atoms with Crippen LogP contribution in [0, 0.1) is 0 Å². The van der Waals surface area contributed by atoms with Crippen LogP contribution in [0.25, 0.3) is 0 Å². The molecule has 0 bridgehead atoms. The SMILES string of the molecule is C/C(=C\CN(C)C)C(=O)NSCc1ccc(CNC(=O)C(CCCNC(N)=O)NC(=O)CNC(=O)CCCCCN(C)C(=O)/C=C\C=O)cc1. The molecule has 1 unspecified atom stereocenters. The maximum Gasteiger partial charge on any atom is 0.312 e. The Morgan fingerprint density at radius 1 is 0.900 bits per heavy atom. The highest BCUT2D eigenvalue weighted by Crippen LogP contribution is 2.12. The smallest absolute Gasteiger partial charge is 0.312 e. The van der Waals surface area contributed by atoms with Gasteiger partial charge in [-0.2, -0.15) is 0 Å². The molecule has 0 fully saturated rings. The van der Waals surface area contributed by atoms with Crippen molar-refractivity contribution in [2.24, 2.45) is 5.73 Å². The Bertz CT molecular complexity index is 1340. The van der Waals surface area contributed by atoms with E-state index in [2.05, 4.69) is 26.0 Å². The van der Waals surface area contributed by atoms with E-state index in [1.165, 1.54) is 22.9 Å². The molecule has 50 heavy (non-hydrogen) atoms. The number of benzene rings is 1. The zero-order valence-corrected chi connectivity index (χ0v) is 30.2. The molecular formula is C34H52N8O7S. The monoisotopic (exact) mass is 716 g/mol. The van der Waals surface area contributed by atoms with Crippen LogP contribution in [0.15, 0.2) is 48.1 Å². The summed E-state index contributed by atoms with van der Waals surface area (Å²) in [4.78, 5) is 86.7. The third-order valence-electron chi connectivity index (χ3n) is 7.17. The lowest BCUT2D eigenvalue weighted by Gasteiger charge is -2.19. The largest absolute Gasteiger partial charge is 0.352 e. The number of amides is 7. The molecule has 1 aromatic rings. The van der Waals surface area contributed by atoms with Gasteiger partial charge in [-0.1, -0.05) is 36.8 Å². The first-order chi connectivity index (χ1) is 23.8. The Labute approximate surface area is 298 Å². The van der Waals surface area contributed by atoms with E-state index >= 15 is 0 Å². The second-order valence-electron chi connectivity index (χ2n) is 11.8. The van der Waals surface area contributed by atoms with Crippen LogP contribution in [-0.2, 0) is 41.1 Å². The number of carbonyl (C=O) groups excluding carboxylic acids is 7. The number of carbonyl (C=O) groups is 7. The molecule has 0 spiro atoms. The Balaban J connectivity index is 2.53. The molecule has 0 aliphatic rings. The van der Waals surface area contributed by atoms with E-state index in [9.17, 15) is 33.6 Å². The summed E-state index contributed by atoms with van der Waals surface area (Å²) in [7, 11) is 5.49. The average molecular weight is 717 g/mol. The van der Waals surface area contributed by atoms with Crippen LogP contribution in [0.3, 0.4) is 0 Å². The number of aldehydes is 1. The summed E-state index contributed by atoms with van der Waals surface area (Å²) < 4.78 is 2.83. The summed E-state index contributed by atoms with van der Waals surface area (Å²) in [6.07, 6.45) is 7.42. The highest BCUT2D eigenvalue weighted by molar-refractivity contribution is 7.97. The van der Waals surface area contributed by atoms with Gasteiger partial charge in [0.05, 0.1) is 6.54 Å². The van der Waals surface area contributed by atoms with E-state index in [0.29, 0.717) is 56.4 Å². The number of nitrogens with zero attached hydrogens (tertiary/aromatic N) is 2. The normalized spacial score (nSPS) is 11.8. The fourth-order valence-electron chi connectivity index (χ4n) is 4.21. The van der Waals surface area contributed by atoms with Gasteiger partial charge in [-0.15, -0.1) is 0 Å². The highest BCUT2D eigenvalue weighted by atomic mass is 32.2. The zero-order valence-electron chi connectivity index (χ0n) is 29.4. The minimum absolute atomic E-state index is 0.140. The van der Waals surface area contributed by atoms with Gasteiger partial charge >= 0.3 is 6.03 Å². The average Bonchev–Trinajstić information content (AvgIpc) is 3.08. The quantitative estimate of drug-likeness (QED) is 0.0388. The third-order valence-corrected chi connectivity index (χ3v) is 7.98. The summed E-state index contributed by atoms with van der Waals surface area (Å²) in [6, 6.07) is 5.94. The van der Waals surface area contributed by atoms with Crippen LogP contribution >= 0.6 is 11.9 Å². The fourth-order valence-corrected chi connectivity index (χ4v) is 4.94. The summed E-state index contributed by atoms with van der Waals surface area (Å²) in [6.45, 7) is 3.04. The van der Waals surface area contributed by atoms with Crippen molar-refractivity contribution in [3.63, 3.8) is 0 Å². The van der Waals surface area contributed by atoms with Crippen molar-refractivity contribution in [3.8, 4) is 0 Å². The molecule has 1 aromatic carbocycles. The molecule has 16 heteroatoms. The molecule has 276 valence electrons. The maximum atomic E-state index is 13.1. The van der Waals surface area contributed by atoms with Gasteiger partial charge in [-0.25, -0.2) is 4.79 Å². The molecule has 0 saturated heterocycles. The first-order valence-electron chi connectivity index (χ1n) is 16.4. The minimum Gasteiger partial charge on any atom is -0.352 e. The van der Waals surface area contributed by atoms with Gasteiger partial charge in [0.25, 0.3) is 5.91 Å². The highest BCUT2D eigenvalue weighted by Gasteiger charge is 2.21. The molecule has 1 atom stereocenters. The maximum absolute atomic E-state index is 13.1. The predicted octanol–water partition coefficient (Wildman–Crippen LogP) is 0.899. The van der Waals surface area contributed by atoms with E-state index in [-0.39, 0.29) is 50.2 Å². The number of hydrogen-bond donors (Lipinski definition) is 6. The molecular weight excluding hydrogens is 664 g/mol. The summed E-state index contributed by atoms with van der Waals surface area (Å²) in [5.74, 6) is -1.14. The number of allylic oxidation sites excluding steroid dienone is 1. The van der Waals surface area contributed by atoms with Gasteiger partial charge < -0.3 is 36.8 Å². The fraction of sp³-hybridized carbons (Fsp3) is 0.500. The zero-order chi connectivity index (χ0) is 37.3. The van der Waals surface area contributed by atoms with Crippen molar-refractivity contribution >= 4 is 53.8 Å². The second kappa shape index (κ2) is 25.3. The number of likely N-dealkylation sites (N-methyl/N-ethyl adjacent to an activating group) is 2. The van der Waals surface area contributed by atoms with Crippen molar-refractivity contribution in [1.29, 1.82) is 0 Å². The minimum atomic E-state index is -0.912. The number of rotatable bonds is 24. The lowest BCUT2D eigenvalue weighted by Crippen LogP contribution is -2.49. The molecule has 0 heterocycles. The van der Waals surface area contributed by atoms with Crippen molar-refractivity contribution in [3.05, 3.63) is 59.2 Å². The van der Waals surface area contributed by atoms with Gasteiger partial charge in [0.1, 0.15) is 12.3 Å². The van der Waals surface area contributed by atoms with Crippen LogP contribution in [0.2, 0.25) is 0 Å². The molecule has 0 aliphatic heterocycles. The van der Waals surface area contributed by atoms with Crippen molar-refractivity contribution in [2.75, 3.05) is 47.3 Å². The number of nitrogens with one attached hydrogen (secondary N) is 5. The first kappa shape index (κ1) is 43.3. The van der Waals surface area contributed by atoms with E-state index < -0.39 is 23.9 Å². The lowest BCUT2D eigenvalue weighted by molar-refractivity contribution is -0.130. The van der Waals surface area contributed by atoms with Crippen LogP contribution in [0.5, 0.6) is 0 Å². The Kier molecular flexibility index (Phi) is 21.9. The number of unbranched alkanes of at least 4 members (excludes halogenated alkanes) is 2. The van der Waals surface area contributed by atoms with Gasteiger partial charge in [-0.3, -0.25) is 33.5 Å². The van der Waals surface area contributed by atoms with Crippen LogP contribution < -0.4 is 31.7 Å². The number of urea groups is 1. The van der Waals surface area contributed by atoms with Crippen molar-refractivity contribution in [2.45, 2.75) is 63.8 Å². The summed E-state index contributed by atoms with van der Waals surface area (Å²) in [5.41, 5.74) is 7.58. The van der Waals surface area contributed by atoms with Crippen LogP contribution in [0.1, 0.15) is 56.6 Å². The van der Waals surface area contributed by atoms with Crippen LogP contribution in [-0.4, -0.2) is 105 Å². The Morgan fingerprint density at radius 2 is 1.60 bits per heavy atom. The molecule has 0 saturated carbocycles. The number of hydrogen-bond acceptors (Lipinski definition) is 9. The second-order valence-corrected chi connectivity index (χ2v) is 12.6. The molecule has 7 amide bonds. The van der Waals surface area contributed by atoms with Crippen molar-refractivity contribution in [1.82, 2.24) is 35.8 Å². The first-order valence-corrected chi connectivity index (χ1v) is 17.4. The Hall–Kier alpha value is -4.70. The lowest BCUT2D eigenvalue weighted by atomic mass is 10.1. The number of primary amides is 1. The molecule has 0 aromatic heterocycles. The summed E-state index contributed by atoms with van der Waals surface area (Å²) in [5, 5.41) is 10.5. The van der Waals surface area contributed by atoms with Gasteiger partial charge in [0.2, 0.25) is 23.6 Å². The van der Waals surface area contributed by atoms with Gasteiger partial charge in [0.15, 0.2) is 0 Å². The molecule has 15 nitrogen and oxygen atoms in total.